The Morgan fingerprint density at radius 3 is 2.16 bits per heavy atom. The Hall–Kier alpha value is -1.81. The molecule has 0 fully saturated rings. The second kappa shape index (κ2) is 5.05. The van der Waals surface area contributed by atoms with Crippen LogP contribution in [0.3, 0.4) is 0 Å². The fourth-order valence-electron chi connectivity index (χ4n) is 1.97. The molecule has 0 saturated carbocycles. The lowest BCUT2D eigenvalue weighted by molar-refractivity contribution is -0.137. The number of aryl methyl sites for hydroxylation is 1. The van der Waals surface area contributed by atoms with Gasteiger partial charge in [-0.2, -0.15) is 13.2 Å². The van der Waals surface area contributed by atoms with Gasteiger partial charge in [-0.05, 0) is 35.7 Å². The highest BCUT2D eigenvalue weighted by Gasteiger charge is 2.29. The number of halogens is 3. The van der Waals surface area contributed by atoms with Crippen LogP contribution in [0.1, 0.15) is 16.7 Å². The van der Waals surface area contributed by atoms with E-state index in [1.165, 1.54) is 12.1 Å². The van der Waals surface area contributed by atoms with Crippen LogP contribution in [-0.2, 0) is 12.8 Å². The minimum atomic E-state index is -4.33. The van der Waals surface area contributed by atoms with E-state index >= 15 is 0 Å². The van der Waals surface area contributed by atoms with Crippen molar-refractivity contribution in [2.24, 2.45) is 0 Å². The van der Waals surface area contributed by atoms with Gasteiger partial charge in [-0.1, -0.05) is 35.9 Å². The van der Waals surface area contributed by atoms with Gasteiger partial charge in [0.05, 0.1) is 12.2 Å². The number of alkyl halides is 3. The van der Waals surface area contributed by atoms with E-state index in [1.807, 2.05) is 25.1 Å². The molecular formula is C15H13F3O. The van der Waals surface area contributed by atoms with Crippen molar-refractivity contribution in [2.75, 3.05) is 0 Å². The second-order valence-electron chi connectivity index (χ2n) is 4.39. The molecule has 0 atom stereocenters. The van der Waals surface area contributed by atoms with Gasteiger partial charge in [0.1, 0.15) is 0 Å². The molecule has 0 aliphatic rings. The molecule has 0 aromatic heterocycles. The van der Waals surface area contributed by atoms with Gasteiger partial charge < -0.3 is 5.11 Å². The SMILES string of the molecule is Cc1ccc(-c2ccc(C(F)(F)F)cc2)c(CO)c1. The third kappa shape index (κ3) is 2.96. The van der Waals surface area contributed by atoms with Crippen LogP contribution in [0.25, 0.3) is 11.1 Å². The Labute approximate surface area is 109 Å². The van der Waals surface area contributed by atoms with Gasteiger partial charge in [0.25, 0.3) is 0 Å². The van der Waals surface area contributed by atoms with Crippen LogP contribution in [0.15, 0.2) is 42.5 Å². The molecule has 100 valence electrons. The molecule has 2 aromatic carbocycles. The lowest BCUT2D eigenvalue weighted by Gasteiger charge is -2.11. The van der Waals surface area contributed by atoms with Crippen molar-refractivity contribution in [3.05, 3.63) is 59.2 Å². The van der Waals surface area contributed by atoms with Crippen LogP contribution in [0.4, 0.5) is 13.2 Å². The van der Waals surface area contributed by atoms with Gasteiger partial charge in [0.2, 0.25) is 0 Å². The van der Waals surface area contributed by atoms with Crippen molar-refractivity contribution in [1.82, 2.24) is 0 Å². The zero-order valence-electron chi connectivity index (χ0n) is 10.3. The first kappa shape index (κ1) is 13.6. The number of rotatable bonds is 2. The van der Waals surface area contributed by atoms with E-state index in [0.717, 1.165) is 23.3 Å². The van der Waals surface area contributed by atoms with Crippen LogP contribution < -0.4 is 0 Å². The summed E-state index contributed by atoms with van der Waals surface area (Å²) in [5, 5.41) is 9.31. The summed E-state index contributed by atoms with van der Waals surface area (Å²) in [5.74, 6) is 0. The fraction of sp³-hybridized carbons (Fsp3) is 0.200. The minimum Gasteiger partial charge on any atom is -0.392 e. The second-order valence-corrected chi connectivity index (χ2v) is 4.39. The molecule has 0 aliphatic heterocycles. The normalized spacial score (nSPS) is 11.6. The summed E-state index contributed by atoms with van der Waals surface area (Å²) < 4.78 is 37.4. The third-order valence-corrected chi connectivity index (χ3v) is 2.95. The number of benzene rings is 2. The Bertz CT molecular complexity index is 571. The summed E-state index contributed by atoms with van der Waals surface area (Å²) in [6.45, 7) is 1.76. The molecule has 0 bridgehead atoms. The lowest BCUT2D eigenvalue weighted by atomic mass is 9.97. The molecule has 2 aromatic rings. The Balaban J connectivity index is 2.43. The largest absolute Gasteiger partial charge is 0.416 e. The van der Waals surface area contributed by atoms with Gasteiger partial charge in [0.15, 0.2) is 0 Å². The van der Waals surface area contributed by atoms with Gasteiger partial charge in [-0.15, -0.1) is 0 Å². The highest BCUT2D eigenvalue weighted by molar-refractivity contribution is 5.68. The molecule has 4 heteroatoms. The topological polar surface area (TPSA) is 20.2 Å². The maximum absolute atomic E-state index is 12.5. The predicted octanol–water partition coefficient (Wildman–Crippen LogP) is 4.17. The standard InChI is InChI=1S/C15H13F3O/c1-10-2-7-14(12(8-10)9-19)11-3-5-13(6-4-11)15(16,17)18/h2-8,19H,9H2,1H3. The summed E-state index contributed by atoms with van der Waals surface area (Å²) in [6.07, 6.45) is -4.33. The first-order valence-electron chi connectivity index (χ1n) is 5.80. The van der Waals surface area contributed by atoms with Crippen molar-refractivity contribution in [1.29, 1.82) is 0 Å². The number of aliphatic hydroxyl groups excluding tert-OH is 1. The first-order chi connectivity index (χ1) is 8.91. The highest BCUT2D eigenvalue weighted by Crippen LogP contribution is 2.32. The Kier molecular flexibility index (Phi) is 3.62. The Morgan fingerprint density at radius 2 is 1.63 bits per heavy atom. The minimum absolute atomic E-state index is 0.141. The smallest absolute Gasteiger partial charge is 0.392 e. The zero-order valence-corrected chi connectivity index (χ0v) is 10.3. The summed E-state index contributed by atoms with van der Waals surface area (Å²) in [6, 6.07) is 10.5. The van der Waals surface area contributed by atoms with Gasteiger partial charge >= 0.3 is 6.18 Å². The van der Waals surface area contributed by atoms with Crippen LogP contribution in [-0.4, -0.2) is 5.11 Å². The van der Waals surface area contributed by atoms with Gasteiger partial charge in [-0.3, -0.25) is 0 Å². The van der Waals surface area contributed by atoms with Crippen LogP contribution in [0.5, 0.6) is 0 Å². The van der Waals surface area contributed by atoms with E-state index in [1.54, 1.807) is 0 Å². The predicted molar refractivity (Wildman–Crippen MR) is 67.5 cm³/mol. The van der Waals surface area contributed by atoms with E-state index in [-0.39, 0.29) is 6.61 Å². The quantitative estimate of drug-likeness (QED) is 0.864. The zero-order chi connectivity index (χ0) is 14.0. The molecule has 0 radical (unpaired) electrons. The van der Waals surface area contributed by atoms with Crippen molar-refractivity contribution in [3.63, 3.8) is 0 Å². The van der Waals surface area contributed by atoms with Gasteiger partial charge in [-0.25, -0.2) is 0 Å². The van der Waals surface area contributed by atoms with Crippen LogP contribution >= 0.6 is 0 Å². The molecular weight excluding hydrogens is 253 g/mol. The highest BCUT2D eigenvalue weighted by atomic mass is 19.4. The maximum atomic E-state index is 12.5. The van der Waals surface area contributed by atoms with Crippen molar-refractivity contribution in [3.8, 4) is 11.1 Å². The van der Waals surface area contributed by atoms with Crippen molar-refractivity contribution >= 4 is 0 Å². The van der Waals surface area contributed by atoms with E-state index in [9.17, 15) is 18.3 Å². The lowest BCUT2D eigenvalue weighted by Crippen LogP contribution is -2.04. The van der Waals surface area contributed by atoms with E-state index < -0.39 is 11.7 Å². The summed E-state index contributed by atoms with van der Waals surface area (Å²) in [7, 11) is 0. The molecule has 1 nitrogen and oxygen atoms in total. The van der Waals surface area contributed by atoms with E-state index in [4.69, 9.17) is 0 Å². The van der Waals surface area contributed by atoms with Crippen molar-refractivity contribution < 1.29 is 18.3 Å². The number of aliphatic hydroxyl groups is 1. The van der Waals surface area contributed by atoms with Crippen LogP contribution in [0, 0.1) is 6.92 Å². The monoisotopic (exact) mass is 266 g/mol. The molecule has 0 aliphatic carbocycles. The molecule has 19 heavy (non-hydrogen) atoms. The Morgan fingerprint density at radius 1 is 1.00 bits per heavy atom. The third-order valence-electron chi connectivity index (χ3n) is 2.95. The molecule has 1 N–H and O–H groups in total. The molecule has 0 saturated heterocycles. The van der Waals surface area contributed by atoms with Crippen molar-refractivity contribution in [2.45, 2.75) is 19.7 Å². The summed E-state index contributed by atoms with van der Waals surface area (Å²) in [5.41, 5.74) is 2.45. The average molecular weight is 266 g/mol. The van der Waals surface area contributed by atoms with Gasteiger partial charge in [0, 0.05) is 0 Å². The molecule has 0 spiro atoms. The number of hydrogen-bond acceptors (Lipinski definition) is 1. The summed E-state index contributed by atoms with van der Waals surface area (Å²) in [4.78, 5) is 0. The molecule has 0 unspecified atom stereocenters. The molecule has 0 amide bonds. The molecule has 2 rings (SSSR count). The van der Waals surface area contributed by atoms with E-state index in [2.05, 4.69) is 0 Å². The van der Waals surface area contributed by atoms with E-state index in [0.29, 0.717) is 11.1 Å². The van der Waals surface area contributed by atoms with Crippen LogP contribution in [0.2, 0.25) is 0 Å². The first-order valence-corrected chi connectivity index (χ1v) is 5.80. The summed E-state index contributed by atoms with van der Waals surface area (Å²) >= 11 is 0. The maximum Gasteiger partial charge on any atom is 0.416 e. The average Bonchev–Trinajstić information content (AvgIpc) is 2.37. The fourth-order valence-corrected chi connectivity index (χ4v) is 1.97. The molecule has 0 heterocycles. The number of hydrogen-bond donors (Lipinski definition) is 1.